The summed E-state index contributed by atoms with van der Waals surface area (Å²) in [4.78, 5) is 23.3. The molecule has 0 fully saturated rings. The summed E-state index contributed by atoms with van der Waals surface area (Å²) in [5.74, 6) is -0.761. The van der Waals surface area contributed by atoms with Gasteiger partial charge in [-0.05, 0) is 26.7 Å². The molecule has 0 rings (SSSR count). The molecule has 0 saturated heterocycles. The SMILES string of the molecule is CC(C)N(C)C(=O)NCCCCCC(=O)O. The van der Waals surface area contributed by atoms with E-state index in [1.165, 1.54) is 0 Å². The van der Waals surface area contributed by atoms with Crippen molar-refractivity contribution in [1.82, 2.24) is 10.2 Å². The fraction of sp³-hybridized carbons (Fsp3) is 0.818. The molecule has 16 heavy (non-hydrogen) atoms. The zero-order chi connectivity index (χ0) is 12.6. The number of nitrogens with zero attached hydrogens (tertiary/aromatic N) is 1. The van der Waals surface area contributed by atoms with Crippen molar-refractivity contribution in [2.75, 3.05) is 13.6 Å². The molecule has 0 bridgehead atoms. The van der Waals surface area contributed by atoms with Crippen molar-refractivity contribution in [3.8, 4) is 0 Å². The fourth-order valence-electron chi connectivity index (χ4n) is 1.13. The molecule has 0 spiro atoms. The van der Waals surface area contributed by atoms with E-state index < -0.39 is 5.97 Å². The summed E-state index contributed by atoms with van der Waals surface area (Å²) in [6.45, 7) is 4.51. The minimum Gasteiger partial charge on any atom is -0.481 e. The molecule has 0 aromatic heterocycles. The largest absolute Gasteiger partial charge is 0.481 e. The van der Waals surface area contributed by atoms with Crippen molar-refractivity contribution >= 4 is 12.0 Å². The highest BCUT2D eigenvalue weighted by molar-refractivity contribution is 5.74. The lowest BCUT2D eigenvalue weighted by molar-refractivity contribution is -0.137. The maximum Gasteiger partial charge on any atom is 0.317 e. The first kappa shape index (κ1) is 14.7. The minimum atomic E-state index is -0.761. The van der Waals surface area contributed by atoms with Gasteiger partial charge in [0.15, 0.2) is 0 Å². The van der Waals surface area contributed by atoms with Gasteiger partial charge in [0.05, 0.1) is 0 Å². The van der Waals surface area contributed by atoms with Crippen molar-refractivity contribution < 1.29 is 14.7 Å². The molecule has 0 heterocycles. The van der Waals surface area contributed by atoms with E-state index in [0.717, 1.165) is 12.8 Å². The molecule has 0 aliphatic carbocycles. The normalized spacial score (nSPS) is 10.2. The number of carboxylic acid groups (broad SMARTS) is 1. The second kappa shape index (κ2) is 7.96. The first-order valence-corrected chi connectivity index (χ1v) is 5.67. The lowest BCUT2D eigenvalue weighted by Crippen LogP contribution is -2.41. The van der Waals surface area contributed by atoms with Gasteiger partial charge in [0.25, 0.3) is 0 Å². The lowest BCUT2D eigenvalue weighted by atomic mass is 10.2. The van der Waals surface area contributed by atoms with Crippen LogP contribution in [0.5, 0.6) is 0 Å². The molecule has 0 aromatic carbocycles. The van der Waals surface area contributed by atoms with Gasteiger partial charge < -0.3 is 15.3 Å². The Bertz CT molecular complexity index is 229. The van der Waals surface area contributed by atoms with Gasteiger partial charge in [-0.2, -0.15) is 0 Å². The Hall–Kier alpha value is -1.26. The Morgan fingerprint density at radius 1 is 1.25 bits per heavy atom. The molecule has 2 N–H and O–H groups in total. The monoisotopic (exact) mass is 230 g/mol. The standard InChI is InChI=1S/C11H22N2O3/c1-9(2)13(3)11(16)12-8-6-4-5-7-10(14)15/h9H,4-8H2,1-3H3,(H,12,16)(H,14,15). The van der Waals surface area contributed by atoms with Gasteiger partial charge in [0.2, 0.25) is 0 Å². The van der Waals surface area contributed by atoms with E-state index in [2.05, 4.69) is 5.32 Å². The number of hydrogen-bond acceptors (Lipinski definition) is 2. The third-order valence-electron chi connectivity index (χ3n) is 2.44. The number of amides is 2. The van der Waals surface area contributed by atoms with Crippen LogP contribution in [0.2, 0.25) is 0 Å². The number of carboxylic acids is 1. The highest BCUT2D eigenvalue weighted by Crippen LogP contribution is 1.99. The predicted molar refractivity (Wildman–Crippen MR) is 62.4 cm³/mol. The molecule has 0 aromatic rings. The molecule has 94 valence electrons. The van der Waals surface area contributed by atoms with Crippen LogP contribution in [-0.2, 0) is 4.79 Å². The Labute approximate surface area is 96.8 Å². The fourth-order valence-corrected chi connectivity index (χ4v) is 1.13. The molecule has 0 radical (unpaired) electrons. The average Bonchev–Trinajstić information content (AvgIpc) is 2.21. The Balaban J connectivity index is 3.45. The van der Waals surface area contributed by atoms with Gasteiger partial charge in [-0.3, -0.25) is 4.79 Å². The molecule has 0 unspecified atom stereocenters. The Morgan fingerprint density at radius 3 is 2.38 bits per heavy atom. The molecule has 0 saturated carbocycles. The summed E-state index contributed by atoms with van der Waals surface area (Å²) in [6.07, 6.45) is 2.54. The van der Waals surface area contributed by atoms with E-state index in [1.807, 2.05) is 13.8 Å². The van der Waals surface area contributed by atoms with Crippen LogP contribution in [-0.4, -0.2) is 41.6 Å². The van der Waals surface area contributed by atoms with Crippen molar-refractivity contribution in [1.29, 1.82) is 0 Å². The van der Waals surface area contributed by atoms with Gasteiger partial charge in [0.1, 0.15) is 0 Å². The number of unbranched alkanes of at least 4 members (excludes halogenated alkanes) is 2. The van der Waals surface area contributed by atoms with Crippen LogP contribution >= 0.6 is 0 Å². The lowest BCUT2D eigenvalue weighted by Gasteiger charge is -2.21. The van der Waals surface area contributed by atoms with Crippen LogP contribution in [0.3, 0.4) is 0 Å². The maximum atomic E-state index is 11.4. The van der Waals surface area contributed by atoms with E-state index in [9.17, 15) is 9.59 Å². The second-order valence-corrected chi connectivity index (χ2v) is 4.14. The van der Waals surface area contributed by atoms with Crippen LogP contribution in [0.25, 0.3) is 0 Å². The average molecular weight is 230 g/mol. The number of nitrogens with one attached hydrogen (secondary N) is 1. The highest BCUT2D eigenvalue weighted by Gasteiger charge is 2.09. The highest BCUT2D eigenvalue weighted by atomic mass is 16.4. The van der Waals surface area contributed by atoms with Crippen molar-refractivity contribution in [2.24, 2.45) is 0 Å². The van der Waals surface area contributed by atoms with Crippen LogP contribution in [0.1, 0.15) is 39.5 Å². The van der Waals surface area contributed by atoms with Gasteiger partial charge in [-0.25, -0.2) is 4.79 Å². The minimum absolute atomic E-state index is 0.0757. The summed E-state index contributed by atoms with van der Waals surface area (Å²) < 4.78 is 0. The zero-order valence-corrected chi connectivity index (χ0v) is 10.3. The van der Waals surface area contributed by atoms with Crippen LogP contribution in [0, 0.1) is 0 Å². The van der Waals surface area contributed by atoms with E-state index in [1.54, 1.807) is 11.9 Å². The first-order chi connectivity index (χ1) is 7.45. The third-order valence-corrected chi connectivity index (χ3v) is 2.44. The van der Waals surface area contributed by atoms with Crippen molar-refractivity contribution in [3.63, 3.8) is 0 Å². The molecule has 5 nitrogen and oxygen atoms in total. The number of rotatable bonds is 7. The summed E-state index contributed by atoms with van der Waals surface area (Å²) in [5, 5.41) is 11.2. The predicted octanol–water partition coefficient (Wildman–Crippen LogP) is 1.68. The Kier molecular flexibility index (Phi) is 7.33. The number of aliphatic carboxylic acids is 1. The molecule has 0 atom stereocenters. The molecule has 2 amide bonds. The first-order valence-electron chi connectivity index (χ1n) is 5.67. The smallest absolute Gasteiger partial charge is 0.317 e. The molecule has 0 aliphatic rings. The molecule has 0 aliphatic heterocycles. The van der Waals surface area contributed by atoms with Gasteiger partial charge in [-0.15, -0.1) is 0 Å². The van der Waals surface area contributed by atoms with E-state index >= 15 is 0 Å². The van der Waals surface area contributed by atoms with Gasteiger partial charge in [0, 0.05) is 26.1 Å². The van der Waals surface area contributed by atoms with Crippen LogP contribution < -0.4 is 5.32 Å². The van der Waals surface area contributed by atoms with Crippen LogP contribution in [0.4, 0.5) is 4.79 Å². The zero-order valence-electron chi connectivity index (χ0n) is 10.3. The summed E-state index contributed by atoms with van der Waals surface area (Å²) in [7, 11) is 1.75. The molecular formula is C11H22N2O3. The van der Waals surface area contributed by atoms with Crippen LogP contribution in [0.15, 0.2) is 0 Å². The summed E-state index contributed by atoms with van der Waals surface area (Å²) >= 11 is 0. The van der Waals surface area contributed by atoms with Gasteiger partial charge >= 0.3 is 12.0 Å². The molecule has 5 heteroatoms. The van der Waals surface area contributed by atoms with E-state index in [-0.39, 0.29) is 18.5 Å². The quantitative estimate of drug-likeness (QED) is 0.654. The number of carbonyl (C=O) groups is 2. The second-order valence-electron chi connectivity index (χ2n) is 4.14. The topological polar surface area (TPSA) is 69.6 Å². The number of carbonyl (C=O) groups excluding carboxylic acids is 1. The molecular weight excluding hydrogens is 208 g/mol. The maximum absolute atomic E-state index is 11.4. The third kappa shape index (κ3) is 7.09. The Morgan fingerprint density at radius 2 is 1.88 bits per heavy atom. The number of hydrogen-bond donors (Lipinski definition) is 2. The van der Waals surface area contributed by atoms with E-state index in [0.29, 0.717) is 13.0 Å². The van der Waals surface area contributed by atoms with Crippen molar-refractivity contribution in [2.45, 2.75) is 45.6 Å². The number of urea groups is 1. The summed E-state index contributed by atoms with van der Waals surface area (Å²) in [6, 6.07) is 0.111. The summed E-state index contributed by atoms with van der Waals surface area (Å²) in [5.41, 5.74) is 0. The van der Waals surface area contributed by atoms with Crippen molar-refractivity contribution in [3.05, 3.63) is 0 Å². The van der Waals surface area contributed by atoms with E-state index in [4.69, 9.17) is 5.11 Å². The van der Waals surface area contributed by atoms with Gasteiger partial charge in [-0.1, -0.05) is 6.42 Å².